The molecule has 0 spiro atoms. The van der Waals surface area contributed by atoms with Crippen molar-refractivity contribution in [2.24, 2.45) is 10.9 Å². The Balaban J connectivity index is 2.21. The van der Waals surface area contributed by atoms with Gasteiger partial charge in [0.1, 0.15) is 0 Å². The first-order chi connectivity index (χ1) is 10.2. The number of aromatic nitrogens is 2. The lowest BCUT2D eigenvalue weighted by atomic mass is 10.2. The van der Waals surface area contributed by atoms with Gasteiger partial charge in [0, 0.05) is 5.69 Å². The molecule has 21 heavy (non-hydrogen) atoms. The van der Waals surface area contributed by atoms with E-state index >= 15 is 0 Å². The summed E-state index contributed by atoms with van der Waals surface area (Å²) in [5.41, 5.74) is 7.44. The van der Waals surface area contributed by atoms with Gasteiger partial charge in [-0.25, -0.2) is 4.52 Å². The largest absolute Gasteiger partial charge is 0.365 e. The summed E-state index contributed by atoms with van der Waals surface area (Å²) in [6.45, 7) is 0. The second-order valence-electron chi connectivity index (χ2n) is 4.37. The lowest BCUT2D eigenvalue weighted by Crippen LogP contribution is -2.15. The number of amides is 1. The molecular weight excluding hydrogens is 270 g/mol. The van der Waals surface area contributed by atoms with Gasteiger partial charge in [-0.15, -0.1) is 4.91 Å². The van der Waals surface area contributed by atoms with Crippen molar-refractivity contribution in [3.05, 3.63) is 59.1 Å². The fourth-order valence-corrected chi connectivity index (χ4v) is 2.10. The van der Waals surface area contributed by atoms with Gasteiger partial charge in [-0.3, -0.25) is 4.79 Å². The van der Waals surface area contributed by atoms with E-state index in [1.807, 2.05) is 30.3 Å². The third-order valence-corrected chi connectivity index (χ3v) is 3.07. The Morgan fingerprint density at radius 2 is 1.95 bits per heavy atom. The van der Waals surface area contributed by atoms with E-state index in [9.17, 15) is 9.70 Å². The van der Waals surface area contributed by atoms with Crippen molar-refractivity contribution >= 4 is 28.6 Å². The van der Waals surface area contributed by atoms with Crippen LogP contribution in [0, 0.1) is 4.91 Å². The van der Waals surface area contributed by atoms with Crippen molar-refractivity contribution in [3.63, 3.8) is 0 Å². The van der Waals surface area contributed by atoms with Crippen LogP contribution in [0.4, 0.5) is 17.2 Å². The van der Waals surface area contributed by atoms with Crippen LogP contribution < -0.4 is 11.1 Å². The Morgan fingerprint density at radius 3 is 2.62 bits per heavy atom. The highest BCUT2D eigenvalue weighted by Gasteiger charge is 2.16. The van der Waals surface area contributed by atoms with Crippen molar-refractivity contribution in [1.82, 2.24) is 9.61 Å². The first-order valence-electron chi connectivity index (χ1n) is 6.16. The number of rotatable bonds is 4. The molecule has 7 nitrogen and oxygen atoms in total. The van der Waals surface area contributed by atoms with E-state index < -0.39 is 5.91 Å². The first-order valence-corrected chi connectivity index (χ1v) is 6.16. The van der Waals surface area contributed by atoms with Crippen LogP contribution in [-0.4, -0.2) is 15.5 Å². The Bertz CT molecular complexity index is 826. The summed E-state index contributed by atoms with van der Waals surface area (Å²) in [7, 11) is 0. The van der Waals surface area contributed by atoms with E-state index in [4.69, 9.17) is 5.73 Å². The van der Waals surface area contributed by atoms with Crippen molar-refractivity contribution in [3.8, 4) is 0 Å². The fourth-order valence-electron chi connectivity index (χ4n) is 2.10. The van der Waals surface area contributed by atoms with Crippen LogP contribution in [0.1, 0.15) is 10.4 Å². The molecule has 7 heteroatoms. The van der Waals surface area contributed by atoms with Crippen molar-refractivity contribution in [2.75, 3.05) is 5.32 Å². The van der Waals surface area contributed by atoms with Crippen LogP contribution >= 0.6 is 0 Å². The molecule has 1 aromatic carbocycles. The topological polar surface area (TPSA) is 102 Å². The van der Waals surface area contributed by atoms with Gasteiger partial charge in [-0.1, -0.05) is 18.2 Å². The van der Waals surface area contributed by atoms with Crippen LogP contribution in [0.2, 0.25) is 0 Å². The minimum absolute atomic E-state index is 0.150. The highest BCUT2D eigenvalue weighted by molar-refractivity contribution is 6.03. The molecule has 0 saturated carbocycles. The summed E-state index contributed by atoms with van der Waals surface area (Å²) in [4.78, 5) is 22.3. The van der Waals surface area contributed by atoms with Crippen molar-refractivity contribution < 1.29 is 4.79 Å². The Hall–Kier alpha value is -3.22. The number of fused-ring (bicyclic) bond motifs is 1. The zero-order valence-electron chi connectivity index (χ0n) is 10.9. The number of nitrogens with zero attached hydrogens (tertiary/aromatic N) is 3. The monoisotopic (exact) mass is 281 g/mol. The molecule has 0 saturated heterocycles. The number of carbonyl (C=O) groups excluding carboxylic acids is 1. The standard InChI is InChI=1S/C14H11N5O2/c15-14(20)10-8-16-19-11(6-7-12(19)18-21)13(10)17-9-4-2-1-3-5-9/h1-8,17H,(H2,15,20). The molecule has 3 N–H and O–H groups in total. The molecule has 0 aliphatic rings. The minimum atomic E-state index is -0.606. The molecule has 0 aliphatic carbocycles. The quantitative estimate of drug-likeness (QED) is 0.717. The van der Waals surface area contributed by atoms with Crippen LogP contribution in [-0.2, 0) is 0 Å². The number of nitrogens with one attached hydrogen (secondary N) is 1. The molecule has 3 aromatic rings. The van der Waals surface area contributed by atoms with Crippen molar-refractivity contribution in [1.29, 1.82) is 0 Å². The number of anilines is 2. The highest BCUT2D eigenvalue weighted by atomic mass is 16.3. The predicted octanol–water partition coefficient (Wildman–Crippen LogP) is 2.57. The molecule has 0 atom stereocenters. The van der Waals surface area contributed by atoms with E-state index in [-0.39, 0.29) is 11.4 Å². The van der Waals surface area contributed by atoms with E-state index in [1.165, 1.54) is 16.8 Å². The maximum atomic E-state index is 11.6. The van der Waals surface area contributed by atoms with Gasteiger partial charge in [0.15, 0.2) is 5.82 Å². The summed E-state index contributed by atoms with van der Waals surface area (Å²) in [6.07, 6.45) is 1.31. The lowest BCUT2D eigenvalue weighted by molar-refractivity contribution is 0.100. The maximum absolute atomic E-state index is 11.6. The van der Waals surface area contributed by atoms with Crippen LogP contribution in [0.15, 0.2) is 53.8 Å². The van der Waals surface area contributed by atoms with Gasteiger partial charge in [0.05, 0.1) is 23.0 Å². The van der Waals surface area contributed by atoms with Crippen molar-refractivity contribution in [2.45, 2.75) is 0 Å². The summed E-state index contributed by atoms with van der Waals surface area (Å²) in [5.74, 6) is -0.456. The second kappa shape index (κ2) is 5.04. The average molecular weight is 281 g/mol. The molecule has 0 unspecified atom stereocenters. The zero-order chi connectivity index (χ0) is 14.8. The molecule has 2 heterocycles. The summed E-state index contributed by atoms with van der Waals surface area (Å²) in [6, 6.07) is 12.5. The Kier molecular flexibility index (Phi) is 3.07. The normalized spacial score (nSPS) is 10.5. The number of nitroso groups, excluding NO2 is 1. The Morgan fingerprint density at radius 1 is 1.19 bits per heavy atom. The van der Waals surface area contributed by atoms with Gasteiger partial charge >= 0.3 is 0 Å². The van der Waals surface area contributed by atoms with Gasteiger partial charge in [0.25, 0.3) is 5.91 Å². The van der Waals surface area contributed by atoms with E-state index in [2.05, 4.69) is 15.6 Å². The fraction of sp³-hybridized carbons (Fsp3) is 0. The molecule has 3 rings (SSSR count). The number of primary amides is 1. The number of para-hydroxylation sites is 1. The predicted molar refractivity (Wildman–Crippen MR) is 78.9 cm³/mol. The summed E-state index contributed by atoms with van der Waals surface area (Å²) in [5, 5.41) is 10.0. The molecule has 1 amide bonds. The number of nitrogens with two attached hydrogens (primary N) is 1. The third kappa shape index (κ3) is 2.20. The number of hydrogen-bond donors (Lipinski definition) is 2. The van der Waals surface area contributed by atoms with Crippen LogP contribution in [0.3, 0.4) is 0 Å². The Labute approximate surface area is 119 Å². The minimum Gasteiger partial charge on any atom is -0.365 e. The van der Waals surface area contributed by atoms with E-state index in [0.717, 1.165) is 5.69 Å². The molecule has 0 aliphatic heterocycles. The summed E-state index contributed by atoms with van der Waals surface area (Å²) >= 11 is 0. The van der Waals surface area contributed by atoms with Crippen LogP contribution in [0.25, 0.3) is 5.52 Å². The van der Waals surface area contributed by atoms with Gasteiger partial charge < -0.3 is 11.1 Å². The number of carbonyl (C=O) groups is 1. The third-order valence-electron chi connectivity index (χ3n) is 3.07. The van der Waals surface area contributed by atoms with Gasteiger partial charge in [0.2, 0.25) is 0 Å². The SMILES string of the molecule is NC(=O)c1cnn2c(N=O)ccc2c1Nc1ccccc1. The summed E-state index contributed by atoms with van der Waals surface area (Å²) < 4.78 is 1.35. The van der Waals surface area contributed by atoms with Crippen LogP contribution in [0.5, 0.6) is 0 Å². The molecule has 0 radical (unpaired) electrons. The molecular formula is C14H11N5O2. The first kappa shape index (κ1) is 12.8. The number of hydrogen-bond acceptors (Lipinski definition) is 5. The molecule has 104 valence electrons. The zero-order valence-corrected chi connectivity index (χ0v) is 10.9. The van der Waals surface area contributed by atoms with Gasteiger partial charge in [-0.2, -0.15) is 5.10 Å². The molecule has 0 fully saturated rings. The van der Waals surface area contributed by atoms with Gasteiger partial charge in [-0.05, 0) is 29.4 Å². The maximum Gasteiger partial charge on any atom is 0.252 e. The molecule has 2 aromatic heterocycles. The number of benzene rings is 1. The smallest absolute Gasteiger partial charge is 0.252 e. The average Bonchev–Trinajstić information content (AvgIpc) is 2.92. The lowest BCUT2D eigenvalue weighted by Gasteiger charge is -2.11. The second-order valence-corrected chi connectivity index (χ2v) is 4.37. The highest BCUT2D eigenvalue weighted by Crippen LogP contribution is 2.28. The molecule has 0 bridgehead atoms. The van der Waals surface area contributed by atoms with E-state index in [0.29, 0.717) is 11.2 Å². The van der Waals surface area contributed by atoms with E-state index in [1.54, 1.807) is 6.07 Å².